The van der Waals surface area contributed by atoms with Crippen molar-refractivity contribution in [3.63, 3.8) is 0 Å². The summed E-state index contributed by atoms with van der Waals surface area (Å²) in [7, 11) is 0. The summed E-state index contributed by atoms with van der Waals surface area (Å²) in [6.07, 6.45) is 1.64. The molecule has 0 heterocycles. The molecular weight excluding hydrogens is 204 g/mol. The standard InChI is InChI=1S/C13H16O3/c1-3-11(16-13(14)4-2)10-15-12-8-6-5-7-9-12/h4-9,11H,2-3,10H2,1H3. The van der Waals surface area contributed by atoms with Gasteiger partial charge in [-0.3, -0.25) is 0 Å². The fourth-order valence-electron chi connectivity index (χ4n) is 1.15. The van der Waals surface area contributed by atoms with Crippen molar-refractivity contribution in [3.8, 4) is 5.75 Å². The van der Waals surface area contributed by atoms with Gasteiger partial charge in [-0.05, 0) is 18.6 Å². The van der Waals surface area contributed by atoms with E-state index in [1.165, 1.54) is 0 Å². The molecule has 0 saturated heterocycles. The van der Waals surface area contributed by atoms with Crippen LogP contribution in [-0.4, -0.2) is 18.7 Å². The van der Waals surface area contributed by atoms with Gasteiger partial charge in [-0.2, -0.15) is 0 Å². The van der Waals surface area contributed by atoms with Gasteiger partial charge in [0.05, 0.1) is 0 Å². The fourth-order valence-corrected chi connectivity index (χ4v) is 1.15. The van der Waals surface area contributed by atoms with Crippen molar-refractivity contribution >= 4 is 5.97 Å². The van der Waals surface area contributed by atoms with Crippen molar-refractivity contribution in [2.24, 2.45) is 0 Å². The third kappa shape index (κ3) is 4.17. The smallest absolute Gasteiger partial charge is 0.330 e. The predicted molar refractivity (Wildman–Crippen MR) is 62.3 cm³/mol. The molecule has 3 heteroatoms. The van der Waals surface area contributed by atoms with E-state index in [2.05, 4.69) is 6.58 Å². The SMILES string of the molecule is C=CC(=O)OC(CC)COc1ccccc1. The Hall–Kier alpha value is -1.77. The van der Waals surface area contributed by atoms with Crippen LogP contribution in [0.3, 0.4) is 0 Å². The van der Waals surface area contributed by atoms with Crippen molar-refractivity contribution < 1.29 is 14.3 Å². The molecule has 1 atom stereocenters. The van der Waals surface area contributed by atoms with Gasteiger partial charge in [-0.1, -0.05) is 31.7 Å². The van der Waals surface area contributed by atoms with E-state index in [9.17, 15) is 4.79 Å². The Morgan fingerprint density at radius 2 is 2.12 bits per heavy atom. The van der Waals surface area contributed by atoms with Gasteiger partial charge >= 0.3 is 5.97 Å². The number of esters is 1. The highest BCUT2D eigenvalue weighted by molar-refractivity contribution is 5.81. The molecule has 1 rings (SSSR count). The van der Waals surface area contributed by atoms with Gasteiger partial charge in [0.1, 0.15) is 18.5 Å². The number of ether oxygens (including phenoxy) is 2. The second-order valence-corrected chi connectivity index (χ2v) is 3.30. The van der Waals surface area contributed by atoms with E-state index in [1.807, 2.05) is 37.3 Å². The van der Waals surface area contributed by atoms with Gasteiger partial charge in [0, 0.05) is 6.08 Å². The van der Waals surface area contributed by atoms with Crippen molar-refractivity contribution in [3.05, 3.63) is 43.0 Å². The second kappa shape index (κ2) is 6.67. The number of carbonyl (C=O) groups excluding carboxylic acids is 1. The third-order valence-electron chi connectivity index (χ3n) is 2.08. The Morgan fingerprint density at radius 3 is 2.69 bits per heavy atom. The first-order valence-corrected chi connectivity index (χ1v) is 5.27. The molecule has 0 aliphatic heterocycles. The minimum Gasteiger partial charge on any atom is -0.490 e. The molecule has 86 valence electrons. The minimum atomic E-state index is -0.413. The molecule has 0 saturated carbocycles. The lowest BCUT2D eigenvalue weighted by molar-refractivity contribution is -0.144. The molecule has 1 aromatic rings. The lowest BCUT2D eigenvalue weighted by atomic mass is 10.3. The summed E-state index contributed by atoms with van der Waals surface area (Å²) in [5, 5.41) is 0. The second-order valence-electron chi connectivity index (χ2n) is 3.30. The minimum absolute atomic E-state index is 0.231. The number of hydrogen-bond donors (Lipinski definition) is 0. The topological polar surface area (TPSA) is 35.5 Å². The lowest BCUT2D eigenvalue weighted by Crippen LogP contribution is -2.23. The van der Waals surface area contributed by atoms with E-state index >= 15 is 0 Å². The molecule has 0 radical (unpaired) electrons. The summed E-state index contributed by atoms with van der Waals surface area (Å²) in [4.78, 5) is 11.0. The van der Waals surface area contributed by atoms with Gasteiger partial charge in [0.25, 0.3) is 0 Å². The van der Waals surface area contributed by atoms with Crippen LogP contribution in [0.4, 0.5) is 0 Å². The molecule has 0 amide bonds. The summed E-state index contributed by atoms with van der Waals surface area (Å²) in [6, 6.07) is 9.43. The van der Waals surface area contributed by atoms with E-state index in [1.54, 1.807) is 0 Å². The van der Waals surface area contributed by atoms with Crippen LogP contribution >= 0.6 is 0 Å². The van der Waals surface area contributed by atoms with Gasteiger partial charge in [-0.25, -0.2) is 4.79 Å². The highest BCUT2D eigenvalue weighted by Crippen LogP contribution is 2.10. The molecule has 0 aliphatic carbocycles. The van der Waals surface area contributed by atoms with Crippen LogP contribution in [-0.2, 0) is 9.53 Å². The quantitative estimate of drug-likeness (QED) is 0.546. The lowest BCUT2D eigenvalue weighted by Gasteiger charge is -2.15. The highest BCUT2D eigenvalue weighted by Gasteiger charge is 2.10. The van der Waals surface area contributed by atoms with Crippen molar-refractivity contribution in [1.82, 2.24) is 0 Å². The van der Waals surface area contributed by atoms with Gasteiger partial charge in [-0.15, -0.1) is 0 Å². The normalized spacial score (nSPS) is 11.6. The molecule has 0 aliphatic rings. The molecule has 0 aromatic heterocycles. The van der Waals surface area contributed by atoms with Crippen LogP contribution in [0.25, 0.3) is 0 Å². The Bertz CT molecular complexity index is 332. The molecule has 1 unspecified atom stereocenters. The zero-order chi connectivity index (χ0) is 11.8. The summed E-state index contributed by atoms with van der Waals surface area (Å²) in [5.74, 6) is 0.360. The van der Waals surface area contributed by atoms with Crippen LogP contribution in [0.1, 0.15) is 13.3 Å². The average molecular weight is 220 g/mol. The Kier molecular flexibility index (Phi) is 5.12. The van der Waals surface area contributed by atoms with E-state index < -0.39 is 5.97 Å². The monoisotopic (exact) mass is 220 g/mol. The molecule has 16 heavy (non-hydrogen) atoms. The average Bonchev–Trinajstić information content (AvgIpc) is 2.35. The first-order valence-electron chi connectivity index (χ1n) is 5.27. The zero-order valence-electron chi connectivity index (χ0n) is 9.39. The largest absolute Gasteiger partial charge is 0.490 e. The first-order chi connectivity index (χ1) is 7.76. The zero-order valence-corrected chi connectivity index (χ0v) is 9.39. The maximum atomic E-state index is 11.0. The summed E-state index contributed by atoms with van der Waals surface area (Å²) >= 11 is 0. The van der Waals surface area contributed by atoms with E-state index in [0.29, 0.717) is 13.0 Å². The Balaban J connectivity index is 2.40. The number of rotatable bonds is 6. The van der Waals surface area contributed by atoms with Crippen molar-refractivity contribution in [2.75, 3.05) is 6.61 Å². The van der Waals surface area contributed by atoms with E-state index in [-0.39, 0.29) is 6.10 Å². The fraction of sp³-hybridized carbons (Fsp3) is 0.308. The van der Waals surface area contributed by atoms with Crippen LogP contribution < -0.4 is 4.74 Å². The van der Waals surface area contributed by atoms with Crippen LogP contribution in [0.5, 0.6) is 5.75 Å². The number of benzene rings is 1. The first kappa shape index (κ1) is 12.3. The number of hydrogen-bond acceptors (Lipinski definition) is 3. The van der Waals surface area contributed by atoms with Gasteiger partial charge < -0.3 is 9.47 Å². The highest BCUT2D eigenvalue weighted by atomic mass is 16.6. The summed E-state index contributed by atoms with van der Waals surface area (Å²) in [5.41, 5.74) is 0. The van der Waals surface area contributed by atoms with E-state index in [0.717, 1.165) is 11.8 Å². The molecule has 0 spiro atoms. The maximum absolute atomic E-state index is 11.0. The summed E-state index contributed by atoms with van der Waals surface area (Å²) < 4.78 is 10.6. The molecule has 0 N–H and O–H groups in total. The number of para-hydroxylation sites is 1. The van der Waals surface area contributed by atoms with Crippen LogP contribution in [0.2, 0.25) is 0 Å². The number of carbonyl (C=O) groups is 1. The van der Waals surface area contributed by atoms with Gasteiger partial charge in [0.2, 0.25) is 0 Å². The summed E-state index contributed by atoms with van der Waals surface area (Å²) in [6.45, 7) is 5.65. The van der Waals surface area contributed by atoms with E-state index in [4.69, 9.17) is 9.47 Å². The predicted octanol–water partition coefficient (Wildman–Crippen LogP) is 2.57. The van der Waals surface area contributed by atoms with Crippen LogP contribution in [0, 0.1) is 0 Å². The maximum Gasteiger partial charge on any atom is 0.330 e. The third-order valence-corrected chi connectivity index (χ3v) is 2.08. The van der Waals surface area contributed by atoms with Gasteiger partial charge in [0.15, 0.2) is 0 Å². The Labute approximate surface area is 95.7 Å². The molecule has 0 bridgehead atoms. The van der Waals surface area contributed by atoms with Crippen LogP contribution in [0.15, 0.2) is 43.0 Å². The van der Waals surface area contributed by atoms with Crippen molar-refractivity contribution in [1.29, 1.82) is 0 Å². The molecular formula is C13H16O3. The molecule has 3 nitrogen and oxygen atoms in total. The van der Waals surface area contributed by atoms with Crippen molar-refractivity contribution in [2.45, 2.75) is 19.4 Å². The Morgan fingerprint density at radius 1 is 1.44 bits per heavy atom. The molecule has 0 fully saturated rings. The molecule has 1 aromatic carbocycles.